The van der Waals surface area contributed by atoms with Crippen LogP contribution in [0.2, 0.25) is 0 Å². The Kier molecular flexibility index (Phi) is 6.33. The van der Waals surface area contributed by atoms with Gasteiger partial charge in [-0.3, -0.25) is 5.32 Å². The highest BCUT2D eigenvalue weighted by atomic mass is 32.2. The maximum Gasteiger partial charge on any atom is 0.502 e. The summed E-state index contributed by atoms with van der Waals surface area (Å²) in [5.74, 6) is -1.84. The molecule has 32 heavy (non-hydrogen) atoms. The minimum absolute atomic E-state index is 0.0220. The van der Waals surface area contributed by atoms with E-state index in [1.165, 1.54) is 6.92 Å². The second kappa shape index (κ2) is 8.54. The maximum absolute atomic E-state index is 13.1. The van der Waals surface area contributed by atoms with E-state index < -0.39 is 44.2 Å². The number of pyridine rings is 1. The van der Waals surface area contributed by atoms with Crippen molar-refractivity contribution in [1.82, 2.24) is 14.9 Å². The standard InChI is InChI=1S/C17H17F3N4O6S2/c1-8-12(9-6-11(13(30-2)21-7-9)32(28,29)17(18,19)20)31-15(22-8)23-16(27)24-5-3-4-10(24)14(25)26/h6-7,10H,3-5H2,1-2H3,(H,25,26)(H,22,23,27)/t10-/m0/s1. The number of alkyl halides is 3. The van der Waals surface area contributed by atoms with Crippen LogP contribution < -0.4 is 10.1 Å². The van der Waals surface area contributed by atoms with Crippen molar-refractivity contribution in [3.05, 3.63) is 18.0 Å². The lowest BCUT2D eigenvalue weighted by atomic mass is 10.2. The van der Waals surface area contributed by atoms with Gasteiger partial charge < -0.3 is 14.7 Å². The number of sulfone groups is 1. The number of carbonyl (C=O) groups is 2. The van der Waals surface area contributed by atoms with Gasteiger partial charge in [-0.2, -0.15) is 13.2 Å². The molecule has 15 heteroatoms. The number of urea groups is 1. The first-order valence-corrected chi connectivity index (χ1v) is 11.3. The summed E-state index contributed by atoms with van der Waals surface area (Å²) in [7, 11) is -4.74. The van der Waals surface area contributed by atoms with Crippen molar-refractivity contribution in [3.8, 4) is 16.3 Å². The number of amides is 2. The van der Waals surface area contributed by atoms with Crippen LogP contribution in [0.25, 0.3) is 10.4 Å². The second-order valence-corrected chi connectivity index (χ2v) is 9.64. The van der Waals surface area contributed by atoms with Crippen LogP contribution >= 0.6 is 11.3 Å². The van der Waals surface area contributed by atoms with E-state index in [-0.39, 0.29) is 22.1 Å². The lowest BCUT2D eigenvalue weighted by Crippen LogP contribution is -2.42. The van der Waals surface area contributed by atoms with Crippen LogP contribution in [0.5, 0.6) is 5.88 Å². The number of rotatable bonds is 5. The van der Waals surface area contributed by atoms with Crippen LogP contribution in [0.1, 0.15) is 18.5 Å². The van der Waals surface area contributed by atoms with Gasteiger partial charge in [-0.05, 0) is 25.8 Å². The molecule has 0 aromatic carbocycles. The minimum Gasteiger partial charge on any atom is -0.480 e. The number of hydrogen-bond acceptors (Lipinski definition) is 8. The number of halogens is 3. The molecule has 10 nitrogen and oxygen atoms in total. The zero-order valence-electron chi connectivity index (χ0n) is 16.6. The number of thiazole rings is 1. The van der Waals surface area contributed by atoms with E-state index in [1.807, 2.05) is 0 Å². The number of hydrogen-bond donors (Lipinski definition) is 2. The number of methoxy groups -OCH3 is 1. The van der Waals surface area contributed by atoms with Gasteiger partial charge in [0.1, 0.15) is 10.9 Å². The lowest BCUT2D eigenvalue weighted by molar-refractivity contribution is -0.141. The predicted molar refractivity (Wildman–Crippen MR) is 106 cm³/mol. The summed E-state index contributed by atoms with van der Waals surface area (Å²) >= 11 is 0.876. The Labute approximate surface area is 184 Å². The molecule has 1 saturated heterocycles. The number of nitrogens with zero attached hydrogens (tertiary/aromatic N) is 3. The Hall–Kier alpha value is -2.94. The number of aromatic nitrogens is 2. The molecule has 0 bridgehead atoms. The molecule has 0 radical (unpaired) electrons. The molecular formula is C17H17F3N4O6S2. The minimum atomic E-state index is -5.74. The zero-order chi connectivity index (χ0) is 23.8. The normalized spacial score (nSPS) is 16.8. The maximum atomic E-state index is 13.1. The van der Waals surface area contributed by atoms with Crippen molar-refractivity contribution in [2.75, 3.05) is 19.0 Å². The fourth-order valence-electron chi connectivity index (χ4n) is 3.17. The highest BCUT2D eigenvalue weighted by molar-refractivity contribution is 7.92. The molecule has 2 N–H and O–H groups in total. The van der Waals surface area contributed by atoms with Gasteiger partial charge in [0.2, 0.25) is 5.88 Å². The van der Waals surface area contributed by atoms with Gasteiger partial charge in [-0.1, -0.05) is 11.3 Å². The van der Waals surface area contributed by atoms with E-state index in [1.54, 1.807) is 0 Å². The number of carbonyl (C=O) groups excluding carboxylic acids is 1. The summed E-state index contributed by atoms with van der Waals surface area (Å²) in [6.07, 6.45) is 1.97. The largest absolute Gasteiger partial charge is 0.502 e. The number of likely N-dealkylation sites (tertiary alicyclic amines) is 1. The molecular weight excluding hydrogens is 477 g/mol. The van der Waals surface area contributed by atoms with Gasteiger partial charge in [0.05, 0.1) is 17.7 Å². The molecule has 1 fully saturated rings. The Morgan fingerprint density at radius 3 is 2.66 bits per heavy atom. The van der Waals surface area contributed by atoms with Crippen LogP contribution in [-0.4, -0.2) is 65.6 Å². The van der Waals surface area contributed by atoms with Gasteiger partial charge in [0.25, 0.3) is 9.84 Å². The molecule has 1 aliphatic rings. The van der Waals surface area contributed by atoms with Crippen LogP contribution in [0.15, 0.2) is 17.2 Å². The lowest BCUT2D eigenvalue weighted by Gasteiger charge is -2.20. The summed E-state index contributed by atoms with van der Waals surface area (Å²) in [4.78, 5) is 31.8. The van der Waals surface area contributed by atoms with E-state index in [4.69, 9.17) is 0 Å². The van der Waals surface area contributed by atoms with Gasteiger partial charge in [-0.15, -0.1) is 0 Å². The number of nitrogens with one attached hydrogen (secondary N) is 1. The van der Waals surface area contributed by atoms with E-state index in [2.05, 4.69) is 20.0 Å². The molecule has 3 rings (SSSR count). The van der Waals surface area contributed by atoms with Gasteiger partial charge in [0, 0.05) is 18.3 Å². The van der Waals surface area contributed by atoms with Gasteiger partial charge >= 0.3 is 17.5 Å². The van der Waals surface area contributed by atoms with Crippen LogP contribution in [0.4, 0.5) is 23.1 Å². The third kappa shape index (κ3) is 4.34. The Bertz CT molecular complexity index is 1170. The molecule has 3 heterocycles. The first kappa shape index (κ1) is 23.7. The first-order valence-electron chi connectivity index (χ1n) is 9.00. The fourth-order valence-corrected chi connectivity index (χ4v) is 5.01. The van der Waals surface area contributed by atoms with Crippen molar-refractivity contribution < 1.29 is 41.0 Å². The molecule has 174 valence electrons. The van der Waals surface area contributed by atoms with Crippen molar-refractivity contribution in [1.29, 1.82) is 0 Å². The van der Waals surface area contributed by atoms with E-state index in [0.29, 0.717) is 18.5 Å². The Morgan fingerprint density at radius 1 is 1.38 bits per heavy atom. The number of aryl methyl sites for hydroxylation is 1. The van der Waals surface area contributed by atoms with E-state index in [9.17, 15) is 36.3 Å². The Morgan fingerprint density at radius 2 is 2.06 bits per heavy atom. The summed E-state index contributed by atoms with van der Waals surface area (Å²) in [5.41, 5.74) is -5.24. The molecule has 0 saturated carbocycles. The summed E-state index contributed by atoms with van der Waals surface area (Å²) in [6, 6.07) is -0.860. The van der Waals surface area contributed by atoms with E-state index in [0.717, 1.165) is 35.6 Å². The fraction of sp³-hybridized carbons (Fsp3) is 0.412. The summed E-state index contributed by atoms with van der Waals surface area (Å²) in [5, 5.41) is 11.7. The molecule has 2 aromatic rings. The monoisotopic (exact) mass is 494 g/mol. The van der Waals surface area contributed by atoms with Crippen molar-refractivity contribution >= 4 is 38.3 Å². The van der Waals surface area contributed by atoms with Gasteiger partial charge in [-0.25, -0.2) is 28.0 Å². The number of ether oxygens (including phenoxy) is 1. The van der Waals surface area contributed by atoms with Crippen molar-refractivity contribution in [2.45, 2.75) is 36.2 Å². The average Bonchev–Trinajstić information content (AvgIpc) is 3.33. The van der Waals surface area contributed by atoms with Gasteiger partial charge in [0.15, 0.2) is 5.13 Å². The molecule has 2 aromatic heterocycles. The third-order valence-electron chi connectivity index (χ3n) is 4.68. The van der Waals surface area contributed by atoms with Crippen LogP contribution in [0, 0.1) is 6.92 Å². The van der Waals surface area contributed by atoms with E-state index >= 15 is 0 Å². The first-order chi connectivity index (χ1) is 14.9. The number of carboxylic acids is 1. The molecule has 0 aliphatic carbocycles. The highest BCUT2D eigenvalue weighted by Gasteiger charge is 2.49. The highest BCUT2D eigenvalue weighted by Crippen LogP contribution is 2.39. The topological polar surface area (TPSA) is 139 Å². The number of carboxylic acid groups (broad SMARTS) is 1. The van der Waals surface area contributed by atoms with Crippen molar-refractivity contribution in [3.63, 3.8) is 0 Å². The predicted octanol–water partition coefficient (Wildman–Crippen LogP) is 2.90. The van der Waals surface area contributed by atoms with Crippen molar-refractivity contribution in [2.24, 2.45) is 0 Å². The summed E-state index contributed by atoms with van der Waals surface area (Å²) in [6.45, 7) is 1.76. The molecule has 2 amide bonds. The summed E-state index contributed by atoms with van der Waals surface area (Å²) < 4.78 is 67.7. The smallest absolute Gasteiger partial charge is 0.480 e. The Balaban J connectivity index is 1.93. The molecule has 0 unspecified atom stereocenters. The van der Waals surface area contributed by atoms with Crippen LogP contribution in [-0.2, 0) is 14.6 Å². The molecule has 1 atom stereocenters. The third-order valence-corrected chi connectivity index (χ3v) is 7.28. The zero-order valence-corrected chi connectivity index (χ0v) is 18.3. The van der Waals surface area contributed by atoms with Crippen LogP contribution in [0.3, 0.4) is 0 Å². The molecule has 1 aliphatic heterocycles. The SMILES string of the molecule is COc1ncc(-c2sc(NC(=O)N3CCC[C@H]3C(=O)O)nc2C)cc1S(=O)(=O)C(F)(F)F. The number of aliphatic carboxylic acids is 1. The molecule has 0 spiro atoms. The number of anilines is 1. The average molecular weight is 494 g/mol. The quantitative estimate of drug-likeness (QED) is 0.647. The second-order valence-electron chi connectivity index (χ2n) is 6.73.